The molecular formula is C12H14O6. The Bertz CT molecular complexity index is 454. The van der Waals surface area contributed by atoms with E-state index in [-0.39, 0.29) is 18.4 Å². The fraction of sp³-hybridized carbons (Fsp3) is 0.333. The molecule has 1 rings (SSSR count). The minimum atomic E-state index is -1.67. The van der Waals surface area contributed by atoms with E-state index in [2.05, 4.69) is 0 Å². The standard InChI is InChI=1S/C12H14O6/c1-18-8-3-4-9(11(15)12(16)17)7(6-8)2-5-10(13)14/h3-4,6,11,15H,2,5H2,1H3,(H,13,14)(H,16,17). The largest absolute Gasteiger partial charge is 0.497 e. The van der Waals surface area contributed by atoms with E-state index < -0.39 is 18.0 Å². The van der Waals surface area contributed by atoms with Gasteiger partial charge in [0, 0.05) is 6.42 Å². The second-order valence-corrected chi connectivity index (χ2v) is 3.70. The van der Waals surface area contributed by atoms with E-state index in [4.69, 9.17) is 14.9 Å². The van der Waals surface area contributed by atoms with Crippen molar-refractivity contribution in [3.05, 3.63) is 29.3 Å². The molecule has 0 aliphatic carbocycles. The van der Waals surface area contributed by atoms with Crippen molar-refractivity contribution in [3.63, 3.8) is 0 Å². The number of carboxylic acids is 2. The summed E-state index contributed by atoms with van der Waals surface area (Å²) >= 11 is 0. The number of aliphatic carboxylic acids is 2. The lowest BCUT2D eigenvalue weighted by molar-refractivity contribution is -0.147. The van der Waals surface area contributed by atoms with Gasteiger partial charge >= 0.3 is 11.9 Å². The van der Waals surface area contributed by atoms with Gasteiger partial charge in [0.05, 0.1) is 7.11 Å². The zero-order valence-corrected chi connectivity index (χ0v) is 9.79. The number of benzene rings is 1. The van der Waals surface area contributed by atoms with Crippen molar-refractivity contribution in [2.75, 3.05) is 7.11 Å². The maximum absolute atomic E-state index is 10.7. The van der Waals surface area contributed by atoms with Crippen LogP contribution in [-0.4, -0.2) is 34.4 Å². The average Bonchev–Trinajstić information content (AvgIpc) is 2.34. The molecule has 6 heteroatoms. The Morgan fingerprint density at radius 1 is 1.33 bits per heavy atom. The van der Waals surface area contributed by atoms with Crippen LogP contribution in [0.1, 0.15) is 23.7 Å². The third kappa shape index (κ3) is 3.46. The Labute approximate surface area is 103 Å². The highest BCUT2D eigenvalue weighted by Gasteiger charge is 2.20. The van der Waals surface area contributed by atoms with Crippen LogP contribution >= 0.6 is 0 Å². The minimum absolute atomic E-state index is 0.131. The van der Waals surface area contributed by atoms with Crippen LogP contribution in [0.5, 0.6) is 5.75 Å². The van der Waals surface area contributed by atoms with Gasteiger partial charge in [-0.25, -0.2) is 4.79 Å². The molecule has 0 aliphatic heterocycles. The Hall–Kier alpha value is -2.08. The van der Waals surface area contributed by atoms with Gasteiger partial charge in [0.25, 0.3) is 0 Å². The van der Waals surface area contributed by atoms with Gasteiger partial charge < -0.3 is 20.1 Å². The number of ether oxygens (including phenoxy) is 1. The van der Waals surface area contributed by atoms with Crippen LogP contribution in [0.25, 0.3) is 0 Å². The van der Waals surface area contributed by atoms with E-state index in [9.17, 15) is 14.7 Å². The molecule has 3 N–H and O–H groups in total. The highest BCUT2D eigenvalue weighted by Crippen LogP contribution is 2.24. The van der Waals surface area contributed by atoms with Gasteiger partial charge in [-0.05, 0) is 29.7 Å². The molecule has 0 spiro atoms. The number of hydrogen-bond donors (Lipinski definition) is 3. The number of aliphatic hydroxyl groups is 1. The van der Waals surface area contributed by atoms with E-state index in [0.29, 0.717) is 11.3 Å². The van der Waals surface area contributed by atoms with Crippen LogP contribution in [0.3, 0.4) is 0 Å². The number of aryl methyl sites for hydroxylation is 1. The van der Waals surface area contributed by atoms with Gasteiger partial charge in [0.1, 0.15) is 5.75 Å². The summed E-state index contributed by atoms with van der Waals surface area (Å²) in [6.07, 6.45) is -1.68. The van der Waals surface area contributed by atoms with Crippen LogP contribution < -0.4 is 4.74 Å². The van der Waals surface area contributed by atoms with Gasteiger partial charge in [-0.2, -0.15) is 0 Å². The summed E-state index contributed by atoms with van der Waals surface area (Å²) in [5.74, 6) is -1.89. The Kier molecular flexibility index (Phi) is 4.67. The first kappa shape index (κ1) is 14.0. The highest BCUT2D eigenvalue weighted by molar-refractivity contribution is 5.75. The first-order chi connectivity index (χ1) is 8.45. The molecule has 0 amide bonds. The third-order valence-electron chi connectivity index (χ3n) is 2.49. The van der Waals surface area contributed by atoms with Crippen LogP contribution in [0, 0.1) is 0 Å². The van der Waals surface area contributed by atoms with Crippen molar-refractivity contribution in [1.29, 1.82) is 0 Å². The molecule has 0 aromatic heterocycles. The number of hydrogen-bond acceptors (Lipinski definition) is 4. The lowest BCUT2D eigenvalue weighted by Gasteiger charge is -2.13. The molecule has 98 valence electrons. The van der Waals surface area contributed by atoms with Crippen molar-refractivity contribution in [2.45, 2.75) is 18.9 Å². The van der Waals surface area contributed by atoms with Crippen molar-refractivity contribution in [1.82, 2.24) is 0 Å². The second-order valence-electron chi connectivity index (χ2n) is 3.70. The zero-order valence-electron chi connectivity index (χ0n) is 9.79. The van der Waals surface area contributed by atoms with Gasteiger partial charge in [-0.3, -0.25) is 4.79 Å². The van der Waals surface area contributed by atoms with E-state index in [0.717, 1.165) is 0 Å². The SMILES string of the molecule is COc1ccc(C(O)C(=O)O)c(CCC(=O)O)c1. The molecule has 0 aliphatic rings. The van der Waals surface area contributed by atoms with Crippen LogP contribution in [0.4, 0.5) is 0 Å². The summed E-state index contributed by atoms with van der Waals surface area (Å²) in [6, 6.07) is 4.48. The fourth-order valence-corrected chi connectivity index (χ4v) is 1.57. The second kappa shape index (κ2) is 6.02. The summed E-state index contributed by atoms with van der Waals surface area (Å²) in [6.45, 7) is 0. The van der Waals surface area contributed by atoms with E-state index in [1.165, 1.54) is 25.3 Å². The predicted molar refractivity (Wildman–Crippen MR) is 61.5 cm³/mol. The first-order valence-corrected chi connectivity index (χ1v) is 5.25. The molecule has 0 fully saturated rings. The summed E-state index contributed by atoms with van der Waals surface area (Å²) in [7, 11) is 1.45. The molecular weight excluding hydrogens is 240 g/mol. The van der Waals surface area contributed by atoms with Crippen LogP contribution in [0.15, 0.2) is 18.2 Å². The van der Waals surface area contributed by atoms with Crippen molar-refractivity contribution >= 4 is 11.9 Å². The van der Waals surface area contributed by atoms with Crippen molar-refractivity contribution < 1.29 is 29.6 Å². The molecule has 1 aromatic carbocycles. The Morgan fingerprint density at radius 2 is 2.00 bits per heavy atom. The summed E-state index contributed by atoms with van der Waals surface area (Å²) in [4.78, 5) is 21.3. The smallest absolute Gasteiger partial charge is 0.337 e. The van der Waals surface area contributed by atoms with Crippen molar-refractivity contribution in [3.8, 4) is 5.75 Å². The van der Waals surface area contributed by atoms with E-state index in [1.54, 1.807) is 0 Å². The minimum Gasteiger partial charge on any atom is -0.497 e. The number of carbonyl (C=O) groups is 2. The van der Waals surface area contributed by atoms with Gasteiger partial charge in [0.15, 0.2) is 6.10 Å². The summed E-state index contributed by atoms with van der Waals surface area (Å²) < 4.78 is 4.98. The van der Waals surface area contributed by atoms with Crippen LogP contribution in [0.2, 0.25) is 0 Å². The average molecular weight is 254 g/mol. The summed E-state index contributed by atoms with van der Waals surface area (Å²) in [5, 5.41) is 26.9. The summed E-state index contributed by atoms with van der Waals surface area (Å²) in [5.41, 5.74) is 0.635. The quantitative estimate of drug-likeness (QED) is 0.694. The maximum atomic E-state index is 10.7. The Morgan fingerprint density at radius 3 is 2.50 bits per heavy atom. The molecule has 0 saturated carbocycles. The number of aliphatic hydroxyl groups excluding tert-OH is 1. The highest BCUT2D eigenvalue weighted by atomic mass is 16.5. The maximum Gasteiger partial charge on any atom is 0.337 e. The van der Waals surface area contributed by atoms with Crippen molar-refractivity contribution in [2.24, 2.45) is 0 Å². The molecule has 18 heavy (non-hydrogen) atoms. The monoisotopic (exact) mass is 254 g/mol. The molecule has 1 aromatic rings. The zero-order chi connectivity index (χ0) is 13.7. The lowest BCUT2D eigenvalue weighted by atomic mass is 9.98. The van der Waals surface area contributed by atoms with Crippen LogP contribution in [-0.2, 0) is 16.0 Å². The molecule has 0 bridgehead atoms. The topological polar surface area (TPSA) is 104 Å². The van der Waals surface area contributed by atoms with Gasteiger partial charge in [-0.1, -0.05) is 6.07 Å². The van der Waals surface area contributed by atoms with Gasteiger partial charge in [0.2, 0.25) is 0 Å². The normalized spacial score (nSPS) is 11.9. The molecule has 1 atom stereocenters. The first-order valence-electron chi connectivity index (χ1n) is 5.25. The molecule has 1 unspecified atom stereocenters. The number of methoxy groups -OCH3 is 1. The fourth-order valence-electron chi connectivity index (χ4n) is 1.57. The molecule has 0 heterocycles. The number of carboxylic acid groups (broad SMARTS) is 2. The third-order valence-corrected chi connectivity index (χ3v) is 2.49. The van der Waals surface area contributed by atoms with E-state index in [1.807, 2.05) is 0 Å². The van der Waals surface area contributed by atoms with Gasteiger partial charge in [-0.15, -0.1) is 0 Å². The molecule has 0 saturated heterocycles. The van der Waals surface area contributed by atoms with E-state index >= 15 is 0 Å². The number of rotatable bonds is 6. The Balaban J connectivity index is 3.07. The predicted octanol–water partition coefficient (Wildman–Crippen LogP) is 0.830. The lowest BCUT2D eigenvalue weighted by Crippen LogP contribution is -2.13. The molecule has 6 nitrogen and oxygen atoms in total. The molecule has 0 radical (unpaired) electrons.